The summed E-state index contributed by atoms with van der Waals surface area (Å²) in [7, 11) is 0. The van der Waals surface area contributed by atoms with E-state index in [1.807, 2.05) is 18.2 Å². The SMILES string of the molecule is Cc1ccc(-c2csc(-c3cccc(N=C=O)c3)n2)cc1C. The van der Waals surface area contributed by atoms with E-state index in [0.29, 0.717) is 5.69 Å². The molecule has 2 aromatic carbocycles. The lowest BCUT2D eigenvalue weighted by atomic mass is 10.1. The van der Waals surface area contributed by atoms with Crippen LogP contribution in [0.5, 0.6) is 0 Å². The van der Waals surface area contributed by atoms with Gasteiger partial charge < -0.3 is 0 Å². The van der Waals surface area contributed by atoms with Gasteiger partial charge in [-0.05, 0) is 43.2 Å². The monoisotopic (exact) mass is 306 g/mol. The molecule has 4 heteroatoms. The second-order valence-corrected chi connectivity index (χ2v) is 5.95. The molecule has 3 rings (SSSR count). The van der Waals surface area contributed by atoms with Crippen molar-refractivity contribution in [1.29, 1.82) is 0 Å². The van der Waals surface area contributed by atoms with Gasteiger partial charge in [-0.1, -0.05) is 24.3 Å². The molecule has 1 heterocycles. The van der Waals surface area contributed by atoms with E-state index in [2.05, 4.69) is 42.4 Å². The van der Waals surface area contributed by atoms with Crippen LogP contribution in [0.4, 0.5) is 5.69 Å². The topological polar surface area (TPSA) is 42.3 Å². The summed E-state index contributed by atoms with van der Waals surface area (Å²) >= 11 is 1.58. The van der Waals surface area contributed by atoms with Crippen LogP contribution in [0.25, 0.3) is 21.8 Å². The van der Waals surface area contributed by atoms with Crippen molar-refractivity contribution in [3.63, 3.8) is 0 Å². The molecule has 3 aromatic rings. The first-order valence-electron chi connectivity index (χ1n) is 6.89. The van der Waals surface area contributed by atoms with Crippen molar-refractivity contribution in [3.8, 4) is 21.8 Å². The van der Waals surface area contributed by atoms with Gasteiger partial charge in [0, 0.05) is 16.5 Å². The van der Waals surface area contributed by atoms with Crippen LogP contribution in [-0.2, 0) is 4.79 Å². The Morgan fingerprint density at radius 1 is 1.05 bits per heavy atom. The number of thiazole rings is 1. The molecule has 0 radical (unpaired) electrons. The summed E-state index contributed by atoms with van der Waals surface area (Å²) in [5, 5.41) is 2.96. The van der Waals surface area contributed by atoms with Gasteiger partial charge in [0.05, 0.1) is 11.4 Å². The highest BCUT2D eigenvalue weighted by molar-refractivity contribution is 7.13. The van der Waals surface area contributed by atoms with E-state index in [1.165, 1.54) is 11.1 Å². The Morgan fingerprint density at radius 3 is 2.68 bits per heavy atom. The van der Waals surface area contributed by atoms with E-state index in [9.17, 15) is 4.79 Å². The molecule has 0 fully saturated rings. The number of aromatic nitrogens is 1. The van der Waals surface area contributed by atoms with Crippen molar-refractivity contribution in [1.82, 2.24) is 4.98 Å². The third-order valence-corrected chi connectivity index (χ3v) is 4.47. The molecular formula is C18H14N2OS. The van der Waals surface area contributed by atoms with Crippen LogP contribution in [0.15, 0.2) is 52.8 Å². The molecule has 0 atom stereocenters. The number of isocyanates is 1. The summed E-state index contributed by atoms with van der Waals surface area (Å²) in [5.41, 5.74) is 6.17. The first kappa shape index (κ1) is 14.4. The molecule has 0 saturated heterocycles. The first-order chi connectivity index (χ1) is 10.7. The summed E-state index contributed by atoms with van der Waals surface area (Å²) < 4.78 is 0. The summed E-state index contributed by atoms with van der Waals surface area (Å²) in [6.45, 7) is 4.21. The maximum absolute atomic E-state index is 10.4. The van der Waals surface area contributed by atoms with Gasteiger partial charge in [-0.15, -0.1) is 11.3 Å². The quantitative estimate of drug-likeness (QED) is 0.501. The summed E-state index contributed by atoms with van der Waals surface area (Å²) in [6.07, 6.45) is 1.56. The molecule has 0 saturated carbocycles. The van der Waals surface area contributed by atoms with Crippen molar-refractivity contribution in [2.24, 2.45) is 4.99 Å². The Bertz CT molecular complexity index is 876. The second kappa shape index (κ2) is 6.06. The maximum Gasteiger partial charge on any atom is 0.240 e. The highest BCUT2D eigenvalue weighted by Crippen LogP contribution is 2.31. The summed E-state index contributed by atoms with van der Waals surface area (Å²) in [6, 6.07) is 13.8. The number of aryl methyl sites for hydroxylation is 2. The largest absolute Gasteiger partial charge is 0.240 e. The Labute approximate surface area is 133 Å². The van der Waals surface area contributed by atoms with Crippen LogP contribution in [0.2, 0.25) is 0 Å². The van der Waals surface area contributed by atoms with Crippen molar-refractivity contribution in [2.75, 3.05) is 0 Å². The number of benzene rings is 2. The Balaban J connectivity index is 1.98. The Morgan fingerprint density at radius 2 is 1.91 bits per heavy atom. The third-order valence-electron chi connectivity index (χ3n) is 3.57. The fourth-order valence-corrected chi connectivity index (χ4v) is 3.03. The van der Waals surface area contributed by atoms with Gasteiger partial charge in [0.1, 0.15) is 5.01 Å². The molecular weight excluding hydrogens is 292 g/mol. The fourth-order valence-electron chi connectivity index (χ4n) is 2.20. The molecule has 0 unspecified atom stereocenters. The zero-order valence-corrected chi connectivity index (χ0v) is 13.1. The highest BCUT2D eigenvalue weighted by Gasteiger charge is 2.08. The van der Waals surface area contributed by atoms with Gasteiger partial charge in [-0.3, -0.25) is 0 Å². The van der Waals surface area contributed by atoms with Crippen molar-refractivity contribution < 1.29 is 4.79 Å². The molecule has 0 N–H and O–H groups in total. The minimum Gasteiger partial charge on any atom is -0.236 e. The molecule has 0 spiro atoms. The van der Waals surface area contributed by atoms with Gasteiger partial charge in [-0.2, -0.15) is 4.99 Å². The zero-order valence-electron chi connectivity index (χ0n) is 12.3. The maximum atomic E-state index is 10.4. The Hall–Kier alpha value is -2.55. The smallest absolute Gasteiger partial charge is 0.236 e. The second-order valence-electron chi connectivity index (χ2n) is 5.09. The molecule has 108 valence electrons. The van der Waals surface area contributed by atoms with Crippen molar-refractivity contribution in [2.45, 2.75) is 13.8 Å². The van der Waals surface area contributed by atoms with E-state index in [4.69, 9.17) is 4.98 Å². The predicted molar refractivity (Wildman–Crippen MR) is 90.2 cm³/mol. The zero-order chi connectivity index (χ0) is 15.5. The van der Waals surface area contributed by atoms with Crippen molar-refractivity contribution in [3.05, 3.63) is 59.0 Å². The normalized spacial score (nSPS) is 10.3. The minimum absolute atomic E-state index is 0.593. The molecule has 0 aliphatic carbocycles. The number of aliphatic imine (C=N–C) groups is 1. The van der Waals surface area contributed by atoms with Gasteiger partial charge in [0.25, 0.3) is 0 Å². The number of carbonyl (C=O) groups excluding carboxylic acids is 1. The molecule has 0 amide bonds. The van der Waals surface area contributed by atoms with Gasteiger partial charge in [0.2, 0.25) is 6.08 Å². The fraction of sp³-hybridized carbons (Fsp3) is 0.111. The molecule has 22 heavy (non-hydrogen) atoms. The van der Waals surface area contributed by atoms with Crippen LogP contribution in [0.3, 0.4) is 0 Å². The van der Waals surface area contributed by atoms with E-state index in [-0.39, 0.29) is 0 Å². The molecule has 3 nitrogen and oxygen atoms in total. The summed E-state index contributed by atoms with van der Waals surface area (Å²) in [4.78, 5) is 18.7. The minimum atomic E-state index is 0.593. The number of hydrogen-bond acceptors (Lipinski definition) is 4. The summed E-state index contributed by atoms with van der Waals surface area (Å²) in [5.74, 6) is 0. The number of rotatable bonds is 3. The molecule has 0 aliphatic heterocycles. The van der Waals surface area contributed by atoms with Gasteiger partial charge in [-0.25, -0.2) is 9.78 Å². The van der Waals surface area contributed by atoms with Crippen molar-refractivity contribution >= 4 is 23.1 Å². The van der Waals surface area contributed by atoms with E-state index < -0.39 is 0 Å². The van der Waals surface area contributed by atoms with Crippen LogP contribution in [-0.4, -0.2) is 11.1 Å². The van der Waals surface area contributed by atoms with Crippen LogP contribution in [0, 0.1) is 13.8 Å². The molecule has 0 aliphatic rings. The lowest BCUT2D eigenvalue weighted by Crippen LogP contribution is -1.84. The number of nitrogens with zero attached hydrogens (tertiary/aromatic N) is 2. The van der Waals surface area contributed by atoms with E-state index in [1.54, 1.807) is 23.5 Å². The van der Waals surface area contributed by atoms with Crippen LogP contribution < -0.4 is 0 Å². The average Bonchev–Trinajstić information content (AvgIpc) is 3.01. The van der Waals surface area contributed by atoms with Crippen LogP contribution in [0.1, 0.15) is 11.1 Å². The first-order valence-corrected chi connectivity index (χ1v) is 7.77. The third kappa shape index (κ3) is 2.89. The molecule has 1 aromatic heterocycles. The lowest BCUT2D eigenvalue weighted by Gasteiger charge is -2.02. The standard InChI is InChI=1S/C18H14N2OS/c1-12-6-7-14(8-13(12)2)17-10-22-18(20-17)15-4-3-5-16(9-15)19-11-21/h3-10H,1-2H3. The van der Waals surface area contributed by atoms with Gasteiger partial charge >= 0.3 is 0 Å². The predicted octanol–water partition coefficient (Wildman–Crippen LogP) is 5.06. The highest BCUT2D eigenvalue weighted by atomic mass is 32.1. The lowest BCUT2D eigenvalue weighted by molar-refractivity contribution is 0.565. The number of hydrogen-bond donors (Lipinski definition) is 0. The molecule has 0 bridgehead atoms. The van der Waals surface area contributed by atoms with Crippen LogP contribution >= 0.6 is 11.3 Å². The van der Waals surface area contributed by atoms with E-state index >= 15 is 0 Å². The van der Waals surface area contributed by atoms with E-state index in [0.717, 1.165) is 21.8 Å². The average molecular weight is 306 g/mol. The van der Waals surface area contributed by atoms with Gasteiger partial charge in [0.15, 0.2) is 0 Å². The Kier molecular flexibility index (Phi) is 3.96.